The molecule has 0 saturated heterocycles. The van der Waals surface area contributed by atoms with Gasteiger partial charge >= 0.3 is 5.97 Å². The highest BCUT2D eigenvalue weighted by molar-refractivity contribution is 5.98. The van der Waals surface area contributed by atoms with Gasteiger partial charge in [-0.05, 0) is 30.9 Å². The minimum atomic E-state index is -1.54. The van der Waals surface area contributed by atoms with Gasteiger partial charge in [0.25, 0.3) is 5.91 Å². The lowest BCUT2D eigenvalue weighted by Gasteiger charge is -2.14. The lowest BCUT2D eigenvalue weighted by molar-refractivity contribution is -0.139. The van der Waals surface area contributed by atoms with Crippen molar-refractivity contribution >= 4 is 11.9 Å². The van der Waals surface area contributed by atoms with Crippen LogP contribution in [0.2, 0.25) is 0 Å². The highest BCUT2D eigenvalue weighted by Gasteiger charge is 2.24. The lowest BCUT2D eigenvalue weighted by Crippen LogP contribution is -2.42. The van der Waals surface area contributed by atoms with Crippen LogP contribution in [0.1, 0.15) is 23.2 Å². The zero-order chi connectivity index (χ0) is 14.5. The molecule has 1 amide bonds. The van der Waals surface area contributed by atoms with Gasteiger partial charge < -0.3 is 15.2 Å². The van der Waals surface area contributed by atoms with Gasteiger partial charge in [-0.1, -0.05) is 12.1 Å². The number of hydrogen-bond acceptors (Lipinski definition) is 3. The Morgan fingerprint density at radius 2 is 2.10 bits per heavy atom. The zero-order valence-corrected chi connectivity index (χ0v) is 10.8. The number of hydrogen-bond donors (Lipinski definition) is 2. The highest BCUT2D eigenvalue weighted by atomic mass is 19.1. The van der Waals surface area contributed by atoms with E-state index in [9.17, 15) is 14.0 Å². The third-order valence-corrected chi connectivity index (χ3v) is 3.06. The van der Waals surface area contributed by atoms with Crippen LogP contribution >= 0.6 is 0 Å². The summed E-state index contributed by atoms with van der Waals surface area (Å²) in [6.45, 7) is -0.623. The number of carbonyl (C=O) groups excluding carboxylic acids is 1. The molecule has 1 aliphatic carbocycles. The second-order valence-corrected chi connectivity index (χ2v) is 4.77. The second-order valence-electron chi connectivity index (χ2n) is 4.77. The van der Waals surface area contributed by atoms with E-state index in [0.717, 1.165) is 12.8 Å². The Hall–Kier alpha value is -2.11. The first-order valence-electron chi connectivity index (χ1n) is 6.43. The average molecular weight is 281 g/mol. The minimum Gasteiger partial charge on any atom is -0.492 e. The number of alkyl halides is 1. The normalized spacial score (nSPS) is 15.4. The monoisotopic (exact) mass is 281 g/mol. The average Bonchev–Trinajstić information content (AvgIpc) is 3.26. The molecule has 0 radical (unpaired) electrons. The van der Waals surface area contributed by atoms with Gasteiger partial charge in [-0.3, -0.25) is 4.79 Å². The summed E-state index contributed by atoms with van der Waals surface area (Å²) in [5.74, 6) is -1.14. The molecule has 1 aromatic rings. The fourth-order valence-corrected chi connectivity index (χ4v) is 1.67. The lowest BCUT2D eigenvalue weighted by atomic mass is 10.1. The van der Waals surface area contributed by atoms with E-state index in [2.05, 4.69) is 5.32 Å². The fourth-order valence-electron chi connectivity index (χ4n) is 1.67. The molecule has 2 N–H and O–H groups in total. The van der Waals surface area contributed by atoms with Crippen molar-refractivity contribution < 1.29 is 23.8 Å². The van der Waals surface area contributed by atoms with Gasteiger partial charge in [0.15, 0.2) is 6.04 Å². The summed E-state index contributed by atoms with van der Waals surface area (Å²) < 4.78 is 18.1. The number of nitrogens with one attached hydrogen (secondary N) is 1. The van der Waals surface area contributed by atoms with Crippen molar-refractivity contribution in [2.45, 2.75) is 18.9 Å². The zero-order valence-electron chi connectivity index (χ0n) is 10.8. The number of ether oxygens (including phenoxy) is 1. The van der Waals surface area contributed by atoms with Crippen LogP contribution in [0.4, 0.5) is 4.39 Å². The molecule has 20 heavy (non-hydrogen) atoms. The first-order chi connectivity index (χ1) is 9.61. The SMILES string of the molecule is O=C(NC(CF)C(=O)O)c1ccccc1OCC1CC1. The van der Waals surface area contributed by atoms with Crippen LogP contribution in [0.15, 0.2) is 24.3 Å². The molecule has 108 valence electrons. The molecule has 0 spiro atoms. The molecule has 1 saturated carbocycles. The standard InChI is InChI=1S/C14H16FNO4/c15-7-11(14(18)19)16-13(17)10-3-1-2-4-12(10)20-8-9-5-6-9/h1-4,9,11H,5-8H2,(H,16,17)(H,18,19). The molecule has 0 aromatic heterocycles. The quantitative estimate of drug-likeness (QED) is 0.796. The predicted octanol–water partition coefficient (Wildman–Crippen LogP) is 1.63. The summed E-state index contributed by atoms with van der Waals surface area (Å²) in [6, 6.07) is 4.99. The molecule has 5 nitrogen and oxygen atoms in total. The van der Waals surface area contributed by atoms with E-state index in [4.69, 9.17) is 9.84 Å². The molecule has 0 heterocycles. The van der Waals surface area contributed by atoms with E-state index in [0.29, 0.717) is 18.3 Å². The van der Waals surface area contributed by atoms with Gasteiger partial charge in [0.2, 0.25) is 0 Å². The molecular weight excluding hydrogens is 265 g/mol. The third kappa shape index (κ3) is 3.69. The summed E-state index contributed by atoms with van der Waals surface area (Å²) >= 11 is 0. The summed E-state index contributed by atoms with van der Waals surface area (Å²) in [5.41, 5.74) is 0.216. The van der Waals surface area contributed by atoms with E-state index < -0.39 is 24.6 Å². The molecule has 0 bridgehead atoms. The minimum absolute atomic E-state index is 0.216. The Balaban J connectivity index is 2.05. The van der Waals surface area contributed by atoms with Gasteiger partial charge in [0, 0.05) is 0 Å². The van der Waals surface area contributed by atoms with Gasteiger partial charge in [0.05, 0.1) is 12.2 Å². The number of amides is 1. The van der Waals surface area contributed by atoms with Crippen molar-refractivity contribution in [2.75, 3.05) is 13.3 Å². The van der Waals surface area contributed by atoms with E-state index in [1.807, 2.05) is 0 Å². The third-order valence-electron chi connectivity index (χ3n) is 3.06. The molecule has 2 rings (SSSR count). The number of benzene rings is 1. The molecule has 1 unspecified atom stereocenters. The number of aliphatic carboxylic acids is 1. The Bertz CT molecular complexity index is 502. The molecular formula is C14H16FNO4. The Labute approximate surface area is 115 Å². The van der Waals surface area contributed by atoms with Crippen molar-refractivity contribution in [3.8, 4) is 5.75 Å². The number of carbonyl (C=O) groups is 2. The predicted molar refractivity (Wildman–Crippen MR) is 69.5 cm³/mol. The van der Waals surface area contributed by atoms with E-state index in [-0.39, 0.29) is 5.56 Å². The van der Waals surface area contributed by atoms with Gasteiger partial charge in [0.1, 0.15) is 12.4 Å². The van der Waals surface area contributed by atoms with Crippen LogP contribution in [0.5, 0.6) is 5.75 Å². The number of para-hydroxylation sites is 1. The van der Waals surface area contributed by atoms with E-state index in [1.54, 1.807) is 18.2 Å². The van der Waals surface area contributed by atoms with E-state index >= 15 is 0 Å². The molecule has 1 atom stereocenters. The Kier molecular flexibility index (Phi) is 4.55. The van der Waals surface area contributed by atoms with Crippen molar-refractivity contribution in [1.29, 1.82) is 0 Å². The van der Waals surface area contributed by atoms with Gasteiger partial charge in [-0.2, -0.15) is 0 Å². The van der Waals surface area contributed by atoms with E-state index in [1.165, 1.54) is 6.07 Å². The maximum absolute atomic E-state index is 12.5. The van der Waals surface area contributed by atoms with Crippen LogP contribution in [0.25, 0.3) is 0 Å². The maximum Gasteiger partial charge on any atom is 0.328 e. The molecule has 1 aliphatic rings. The Morgan fingerprint density at radius 1 is 1.40 bits per heavy atom. The Morgan fingerprint density at radius 3 is 2.70 bits per heavy atom. The largest absolute Gasteiger partial charge is 0.492 e. The summed E-state index contributed by atoms with van der Waals surface area (Å²) in [7, 11) is 0. The van der Waals surface area contributed by atoms with Crippen molar-refractivity contribution in [3.05, 3.63) is 29.8 Å². The maximum atomic E-state index is 12.5. The number of carboxylic acid groups (broad SMARTS) is 1. The molecule has 1 fully saturated rings. The van der Waals surface area contributed by atoms with Crippen LogP contribution in [-0.4, -0.2) is 36.3 Å². The van der Waals surface area contributed by atoms with Crippen LogP contribution in [-0.2, 0) is 4.79 Å². The van der Waals surface area contributed by atoms with Gasteiger partial charge in [-0.25, -0.2) is 9.18 Å². The molecule has 1 aromatic carbocycles. The fraction of sp³-hybridized carbons (Fsp3) is 0.429. The number of halogens is 1. The summed E-state index contributed by atoms with van der Waals surface area (Å²) in [5, 5.41) is 10.9. The molecule has 6 heteroatoms. The first kappa shape index (κ1) is 14.3. The number of carboxylic acids is 1. The second kappa shape index (κ2) is 6.36. The first-order valence-corrected chi connectivity index (χ1v) is 6.43. The highest BCUT2D eigenvalue weighted by Crippen LogP contribution is 2.30. The number of rotatable bonds is 7. The summed E-state index contributed by atoms with van der Waals surface area (Å²) in [6.07, 6.45) is 2.24. The summed E-state index contributed by atoms with van der Waals surface area (Å²) in [4.78, 5) is 22.7. The van der Waals surface area contributed by atoms with Gasteiger partial charge in [-0.15, -0.1) is 0 Å². The molecule has 0 aliphatic heterocycles. The topological polar surface area (TPSA) is 75.6 Å². The smallest absolute Gasteiger partial charge is 0.328 e. The van der Waals surface area contributed by atoms with Crippen molar-refractivity contribution in [2.24, 2.45) is 5.92 Å². The van der Waals surface area contributed by atoms with Crippen LogP contribution in [0.3, 0.4) is 0 Å². The van der Waals surface area contributed by atoms with Crippen molar-refractivity contribution in [1.82, 2.24) is 5.32 Å². The van der Waals surface area contributed by atoms with Crippen LogP contribution < -0.4 is 10.1 Å². The van der Waals surface area contributed by atoms with Crippen molar-refractivity contribution in [3.63, 3.8) is 0 Å². The van der Waals surface area contributed by atoms with Crippen LogP contribution in [0, 0.1) is 5.92 Å².